The third kappa shape index (κ3) is 7.63. The normalized spacial score (nSPS) is 11.6. The van der Waals surface area contributed by atoms with Crippen LogP contribution in [0.5, 0.6) is 0 Å². The van der Waals surface area contributed by atoms with Crippen molar-refractivity contribution in [2.45, 2.75) is 57.4 Å². The predicted molar refractivity (Wildman–Crippen MR) is 167 cm³/mol. The Labute approximate surface area is 243 Å². The van der Waals surface area contributed by atoms with E-state index in [-0.39, 0.29) is 22.6 Å². The molecule has 4 aromatic rings. The number of rotatable bonds is 11. The van der Waals surface area contributed by atoms with Crippen molar-refractivity contribution in [1.29, 1.82) is 0 Å². The van der Waals surface area contributed by atoms with Crippen LogP contribution in [0.25, 0.3) is 11.1 Å². The number of carbonyl (C=O) groups excluding carboxylic acids is 1. The number of nitrogens with one attached hydrogen (secondary N) is 1. The summed E-state index contributed by atoms with van der Waals surface area (Å²) in [6, 6.07) is 30.1. The maximum Gasteiger partial charge on any atom is 0.295 e. The van der Waals surface area contributed by atoms with E-state index in [9.17, 15) is 17.8 Å². The molecule has 0 spiro atoms. The molecule has 0 bridgehead atoms. The molecule has 0 aliphatic carbocycles. The summed E-state index contributed by atoms with van der Waals surface area (Å²) in [5.41, 5.74) is 6.23. The molecule has 0 heterocycles. The fourth-order valence-electron chi connectivity index (χ4n) is 5.06. The van der Waals surface area contributed by atoms with E-state index in [0.717, 1.165) is 28.1 Å². The van der Waals surface area contributed by atoms with Gasteiger partial charge in [0.05, 0.1) is 0 Å². The lowest BCUT2D eigenvalue weighted by Gasteiger charge is -2.26. The van der Waals surface area contributed by atoms with Crippen molar-refractivity contribution in [2.75, 3.05) is 16.8 Å². The number of carbonyl (C=O) groups is 1. The Morgan fingerprint density at radius 2 is 1.41 bits per heavy atom. The molecule has 0 unspecified atom stereocenters. The van der Waals surface area contributed by atoms with Gasteiger partial charge in [-0.15, -0.1) is 0 Å². The fourth-order valence-corrected chi connectivity index (χ4v) is 5.77. The maximum atomic E-state index is 13.3. The molecular formula is C34H38N2O4S. The van der Waals surface area contributed by atoms with Crippen LogP contribution >= 0.6 is 0 Å². The molecule has 41 heavy (non-hydrogen) atoms. The summed E-state index contributed by atoms with van der Waals surface area (Å²) in [4.78, 5) is 15.3. The lowest BCUT2D eigenvalue weighted by atomic mass is 9.92. The predicted octanol–water partition coefficient (Wildman–Crippen LogP) is 7.88. The Hall–Kier alpha value is -3.94. The molecule has 0 saturated carbocycles. The van der Waals surface area contributed by atoms with E-state index in [4.69, 9.17) is 0 Å². The van der Waals surface area contributed by atoms with Gasteiger partial charge in [-0.05, 0) is 58.4 Å². The molecule has 7 heteroatoms. The quantitative estimate of drug-likeness (QED) is 0.179. The van der Waals surface area contributed by atoms with Gasteiger partial charge in [0, 0.05) is 36.4 Å². The number of anilines is 2. The molecule has 214 valence electrons. The summed E-state index contributed by atoms with van der Waals surface area (Å²) >= 11 is 0. The first-order valence-electron chi connectivity index (χ1n) is 13.9. The first-order valence-corrected chi connectivity index (χ1v) is 15.4. The average molecular weight is 571 g/mol. The molecule has 2 N–H and O–H groups in total. The second kappa shape index (κ2) is 13.1. The Balaban J connectivity index is 1.57. The third-order valence-corrected chi connectivity index (χ3v) is 8.06. The highest BCUT2D eigenvalue weighted by Gasteiger charge is 2.19. The summed E-state index contributed by atoms with van der Waals surface area (Å²) in [6.07, 6.45) is 0.296. The van der Waals surface area contributed by atoms with E-state index in [1.807, 2.05) is 54.6 Å². The summed E-state index contributed by atoms with van der Waals surface area (Å²) in [5, 5.41) is 3.22. The van der Waals surface area contributed by atoms with Crippen molar-refractivity contribution in [3.05, 3.63) is 114 Å². The lowest BCUT2D eigenvalue weighted by Crippen LogP contribution is -2.28. The molecule has 0 aliphatic heterocycles. The van der Waals surface area contributed by atoms with Gasteiger partial charge in [0.1, 0.15) is 4.90 Å². The lowest BCUT2D eigenvalue weighted by molar-refractivity contribution is -0.116. The van der Waals surface area contributed by atoms with Gasteiger partial charge < -0.3 is 10.2 Å². The molecule has 1 amide bonds. The molecule has 6 nitrogen and oxygen atoms in total. The Morgan fingerprint density at radius 3 is 2.05 bits per heavy atom. The van der Waals surface area contributed by atoms with Crippen LogP contribution in [0.3, 0.4) is 0 Å². The van der Waals surface area contributed by atoms with Crippen LogP contribution in [0, 0.1) is 0 Å². The van der Waals surface area contributed by atoms with E-state index in [1.165, 1.54) is 6.07 Å². The summed E-state index contributed by atoms with van der Waals surface area (Å²) < 4.78 is 33.7. The molecular weight excluding hydrogens is 532 g/mol. The van der Waals surface area contributed by atoms with Crippen LogP contribution < -0.4 is 10.2 Å². The number of hydrogen-bond acceptors (Lipinski definition) is 4. The number of hydrogen-bond donors (Lipinski definition) is 2. The van der Waals surface area contributed by atoms with Crippen molar-refractivity contribution >= 4 is 27.4 Å². The molecule has 4 aromatic carbocycles. The Kier molecular flexibility index (Phi) is 9.63. The second-order valence-electron chi connectivity index (χ2n) is 10.8. The third-order valence-electron chi connectivity index (χ3n) is 7.14. The summed E-state index contributed by atoms with van der Waals surface area (Å²) in [6.45, 7) is 9.54. The van der Waals surface area contributed by atoms with E-state index in [1.54, 1.807) is 18.2 Å². The minimum Gasteiger partial charge on any atom is -0.367 e. The van der Waals surface area contributed by atoms with Crippen LogP contribution in [-0.2, 0) is 21.5 Å². The van der Waals surface area contributed by atoms with Gasteiger partial charge in [-0.25, -0.2) is 0 Å². The van der Waals surface area contributed by atoms with Crippen molar-refractivity contribution < 1.29 is 17.8 Å². The van der Waals surface area contributed by atoms with E-state index >= 15 is 0 Å². The molecule has 0 fully saturated rings. The number of amides is 1. The average Bonchev–Trinajstić information content (AvgIpc) is 2.95. The van der Waals surface area contributed by atoms with Gasteiger partial charge in [0.2, 0.25) is 5.91 Å². The highest BCUT2D eigenvalue weighted by Crippen LogP contribution is 2.33. The van der Waals surface area contributed by atoms with Gasteiger partial charge >= 0.3 is 0 Å². The zero-order valence-corrected chi connectivity index (χ0v) is 24.9. The summed E-state index contributed by atoms with van der Waals surface area (Å²) in [5.74, 6) is 0.517. The maximum absolute atomic E-state index is 13.3. The van der Waals surface area contributed by atoms with Crippen molar-refractivity contribution in [3.63, 3.8) is 0 Å². The first kappa shape index (κ1) is 30.0. The van der Waals surface area contributed by atoms with Crippen molar-refractivity contribution in [1.82, 2.24) is 0 Å². The fraction of sp³-hybridized carbons (Fsp3) is 0.265. The molecule has 0 aromatic heterocycles. The summed E-state index contributed by atoms with van der Waals surface area (Å²) in [7, 11) is -4.38. The smallest absolute Gasteiger partial charge is 0.295 e. The van der Waals surface area contributed by atoms with Crippen LogP contribution in [-0.4, -0.2) is 25.4 Å². The van der Waals surface area contributed by atoms with Crippen LogP contribution in [0.4, 0.5) is 11.4 Å². The molecule has 0 aliphatic rings. The largest absolute Gasteiger partial charge is 0.367 e. The van der Waals surface area contributed by atoms with Crippen molar-refractivity contribution in [2.24, 2.45) is 0 Å². The van der Waals surface area contributed by atoms with E-state index < -0.39 is 10.1 Å². The number of nitrogens with zero attached hydrogens (tertiary/aromatic N) is 1. The van der Waals surface area contributed by atoms with Crippen LogP contribution in [0.2, 0.25) is 0 Å². The minimum absolute atomic E-state index is 0.0447. The van der Waals surface area contributed by atoms with E-state index in [2.05, 4.69) is 56.1 Å². The number of benzene rings is 4. The SMILES string of the molecule is CC(C)c1cccc(C(C)C)c1NC(=O)CCN(Cc1cccc(-c2ccccc2S(=O)(=O)O)c1)c1ccccc1. The zero-order valence-electron chi connectivity index (χ0n) is 24.0. The Morgan fingerprint density at radius 1 is 0.805 bits per heavy atom. The van der Waals surface area contributed by atoms with Crippen molar-refractivity contribution in [3.8, 4) is 11.1 Å². The van der Waals surface area contributed by atoms with Gasteiger partial charge in [-0.1, -0.05) is 100 Å². The van der Waals surface area contributed by atoms with E-state index in [0.29, 0.717) is 30.6 Å². The number of para-hydroxylation sites is 2. The van der Waals surface area contributed by atoms with Crippen LogP contribution in [0.1, 0.15) is 62.6 Å². The van der Waals surface area contributed by atoms with Gasteiger partial charge in [0.25, 0.3) is 10.1 Å². The standard InChI is InChI=1S/C34H38N2O4S/c1-24(2)29-17-11-18-30(25(3)4)34(29)35-33(37)20-21-36(28-14-6-5-7-15-28)23-26-12-10-13-27(22-26)31-16-8-9-19-32(31)41(38,39)40/h5-19,22,24-25H,20-21,23H2,1-4H3,(H,35,37)(H,38,39,40). The van der Waals surface area contributed by atoms with Crippen LogP contribution in [0.15, 0.2) is 102 Å². The monoisotopic (exact) mass is 570 g/mol. The topological polar surface area (TPSA) is 86.7 Å². The highest BCUT2D eigenvalue weighted by atomic mass is 32.2. The highest BCUT2D eigenvalue weighted by molar-refractivity contribution is 7.86. The van der Waals surface area contributed by atoms with Gasteiger partial charge in [0.15, 0.2) is 0 Å². The molecule has 4 rings (SSSR count). The Bertz CT molecular complexity index is 1570. The van der Waals surface area contributed by atoms with Gasteiger partial charge in [-0.3, -0.25) is 9.35 Å². The molecule has 0 saturated heterocycles. The van der Waals surface area contributed by atoms with Gasteiger partial charge in [-0.2, -0.15) is 8.42 Å². The minimum atomic E-state index is -4.38. The first-order chi connectivity index (χ1) is 19.5. The second-order valence-corrected chi connectivity index (χ2v) is 12.2. The zero-order chi connectivity index (χ0) is 29.6. The molecule has 0 radical (unpaired) electrons. The molecule has 0 atom stereocenters.